The minimum atomic E-state index is -0.229. The zero-order valence-electron chi connectivity index (χ0n) is 14.7. The van der Waals surface area contributed by atoms with Crippen molar-refractivity contribution < 1.29 is 4.74 Å². The first-order valence-corrected chi connectivity index (χ1v) is 9.38. The van der Waals surface area contributed by atoms with E-state index in [2.05, 4.69) is 37.3 Å². The van der Waals surface area contributed by atoms with E-state index >= 15 is 0 Å². The largest absolute Gasteiger partial charge is 0.385 e. The Hall–Kier alpha value is -1.96. The molecule has 3 heterocycles. The zero-order chi connectivity index (χ0) is 17.2. The van der Waals surface area contributed by atoms with Crippen molar-refractivity contribution in [3.63, 3.8) is 0 Å². The average Bonchev–Trinajstić information content (AvgIpc) is 3.22. The lowest BCUT2D eigenvalue weighted by molar-refractivity contribution is -0.0247. The smallest absolute Gasteiger partial charge is 0.242 e. The van der Waals surface area contributed by atoms with Crippen molar-refractivity contribution in [1.82, 2.24) is 10.3 Å². The predicted octanol–water partition coefficient (Wildman–Crippen LogP) is 1.43. The van der Waals surface area contributed by atoms with Gasteiger partial charge < -0.3 is 15.4 Å². The molecule has 4 unspecified atom stereocenters. The minimum Gasteiger partial charge on any atom is -0.385 e. The van der Waals surface area contributed by atoms with Crippen LogP contribution in [0.4, 0.5) is 0 Å². The van der Waals surface area contributed by atoms with Crippen LogP contribution in [0.5, 0.6) is 0 Å². The topological polar surface area (TPSA) is 100.0 Å². The molecule has 1 saturated carbocycles. The quantitative estimate of drug-likeness (QED) is 0.597. The molecule has 2 fully saturated rings. The van der Waals surface area contributed by atoms with Crippen LogP contribution in [0.25, 0.3) is 0 Å². The fourth-order valence-electron chi connectivity index (χ4n) is 3.95. The van der Waals surface area contributed by atoms with Crippen molar-refractivity contribution in [3.8, 4) is 0 Å². The second kappa shape index (κ2) is 7.11. The number of fused-ring (bicyclic) bond motifs is 1. The minimum absolute atomic E-state index is 0.00962. The Kier molecular flexibility index (Phi) is 4.70. The van der Waals surface area contributed by atoms with Crippen LogP contribution in [-0.2, 0) is 4.74 Å². The van der Waals surface area contributed by atoms with Crippen molar-refractivity contribution >= 4 is 24.3 Å². The molecular formula is C17H27N7O. The Bertz CT molecular complexity index is 608. The van der Waals surface area contributed by atoms with Gasteiger partial charge in [-0.1, -0.05) is 19.3 Å². The third-order valence-electron chi connectivity index (χ3n) is 5.38. The van der Waals surface area contributed by atoms with Crippen molar-refractivity contribution in [1.29, 1.82) is 0 Å². The number of aliphatic imine (C=N–C) groups is 3. The van der Waals surface area contributed by atoms with Gasteiger partial charge >= 0.3 is 0 Å². The van der Waals surface area contributed by atoms with Gasteiger partial charge in [0.25, 0.3) is 0 Å². The van der Waals surface area contributed by atoms with Crippen LogP contribution in [0.15, 0.2) is 20.1 Å². The van der Waals surface area contributed by atoms with Gasteiger partial charge in [-0.15, -0.1) is 0 Å². The number of guanidine groups is 1. The molecule has 0 spiro atoms. The lowest BCUT2D eigenvalue weighted by Crippen LogP contribution is -2.49. The highest BCUT2D eigenvalue weighted by atomic mass is 16.5. The summed E-state index contributed by atoms with van der Waals surface area (Å²) in [6.07, 6.45) is 12.3. The monoisotopic (exact) mass is 345 g/mol. The Morgan fingerprint density at radius 1 is 1.28 bits per heavy atom. The molecule has 0 aromatic rings. The molecule has 0 bridgehead atoms. The molecule has 8 nitrogen and oxygen atoms in total. The lowest BCUT2D eigenvalue weighted by atomic mass is 9.90. The summed E-state index contributed by atoms with van der Waals surface area (Å²) in [5, 5.41) is 4.34. The molecule has 1 saturated heterocycles. The number of hydrogen-bond donors (Lipinski definition) is 2. The van der Waals surface area contributed by atoms with Gasteiger partial charge in [0.15, 0.2) is 6.17 Å². The van der Waals surface area contributed by atoms with Crippen LogP contribution in [0.3, 0.4) is 0 Å². The fourth-order valence-corrected chi connectivity index (χ4v) is 3.95. The van der Waals surface area contributed by atoms with Crippen LogP contribution in [0.1, 0.15) is 51.9 Å². The van der Waals surface area contributed by atoms with Crippen LogP contribution in [0.2, 0.25) is 0 Å². The van der Waals surface area contributed by atoms with Gasteiger partial charge in [-0.2, -0.15) is 10.1 Å². The molecule has 4 rings (SSSR count). The highest BCUT2D eigenvalue weighted by Gasteiger charge is 2.41. The number of ether oxygens (including phenoxy) is 1. The molecule has 8 heteroatoms. The van der Waals surface area contributed by atoms with Gasteiger partial charge in [0.1, 0.15) is 18.1 Å². The van der Waals surface area contributed by atoms with E-state index in [4.69, 9.17) is 10.5 Å². The van der Waals surface area contributed by atoms with Crippen molar-refractivity contribution in [2.75, 3.05) is 0 Å². The number of nitrogens with zero attached hydrogens (tertiary/aromatic N) is 5. The molecule has 4 atom stereocenters. The maximum Gasteiger partial charge on any atom is 0.242 e. The second-order valence-electron chi connectivity index (χ2n) is 7.33. The summed E-state index contributed by atoms with van der Waals surface area (Å²) in [6, 6.07) is -0.229. The number of nitrogens with two attached hydrogens (primary N) is 1. The average molecular weight is 345 g/mol. The molecule has 25 heavy (non-hydrogen) atoms. The fraction of sp³-hybridized carbons (Fsp3) is 0.765. The standard InChI is InChI=1S/C17H27N7O/c1-11-7-8-13(25-11)24-10-19-14-15(18)21-17(22-16(14)24)23-20-9-12-5-3-2-4-6-12/h9-14,16H,2-8H2,1H3,(H3,18,21,22,23)/b20-9-. The Balaban J connectivity index is 1.41. The van der Waals surface area contributed by atoms with Gasteiger partial charge in [-0.05, 0) is 38.5 Å². The molecule has 0 radical (unpaired) electrons. The normalized spacial score (nSPS) is 35.8. The SMILES string of the molecule is CC1CCC(N2C=NC3C(N)=NC(N/N=C\C4CCCCC4)=NC32)O1. The van der Waals surface area contributed by atoms with E-state index in [-0.39, 0.29) is 24.5 Å². The summed E-state index contributed by atoms with van der Waals surface area (Å²) < 4.78 is 5.96. The molecular weight excluding hydrogens is 318 g/mol. The summed E-state index contributed by atoms with van der Waals surface area (Å²) in [7, 11) is 0. The Morgan fingerprint density at radius 2 is 2.12 bits per heavy atom. The molecule has 1 aliphatic carbocycles. The van der Waals surface area contributed by atoms with Gasteiger partial charge in [-0.3, -0.25) is 4.99 Å². The molecule has 0 aromatic heterocycles. The second-order valence-corrected chi connectivity index (χ2v) is 7.33. The lowest BCUT2D eigenvalue weighted by Gasteiger charge is -2.31. The molecule has 0 aromatic carbocycles. The van der Waals surface area contributed by atoms with E-state index in [9.17, 15) is 0 Å². The highest BCUT2D eigenvalue weighted by Crippen LogP contribution is 2.28. The summed E-state index contributed by atoms with van der Waals surface area (Å²) in [6.45, 7) is 2.09. The van der Waals surface area contributed by atoms with Crippen LogP contribution < -0.4 is 11.2 Å². The first-order chi connectivity index (χ1) is 12.2. The van der Waals surface area contributed by atoms with E-state index in [1.54, 1.807) is 6.34 Å². The zero-order valence-corrected chi connectivity index (χ0v) is 14.7. The van der Waals surface area contributed by atoms with Crippen molar-refractivity contribution in [2.24, 2.45) is 31.7 Å². The Labute approximate surface area is 148 Å². The summed E-state index contributed by atoms with van der Waals surface area (Å²) in [5.41, 5.74) is 9.07. The van der Waals surface area contributed by atoms with Crippen LogP contribution in [-0.4, -0.2) is 53.8 Å². The van der Waals surface area contributed by atoms with E-state index < -0.39 is 0 Å². The van der Waals surface area contributed by atoms with E-state index in [0.29, 0.717) is 17.7 Å². The first-order valence-electron chi connectivity index (χ1n) is 9.38. The summed E-state index contributed by atoms with van der Waals surface area (Å²) >= 11 is 0. The predicted molar refractivity (Wildman–Crippen MR) is 98.7 cm³/mol. The van der Waals surface area contributed by atoms with Gasteiger partial charge in [0, 0.05) is 6.21 Å². The number of hydrogen-bond acceptors (Lipinski definition) is 8. The number of amidine groups is 1. The maximum atomic E-state index is 6.11. The molecule has 4 aliphatic rings. The third-order valence-corrected chi connectivity index (χ3v) is 5.38. The van der Waals surface area contributed by atoms with Gasteiger partial charge in [0.05, 0.1) is 12.4 Å². The van der Waals surface area contributed by atoms with Gasteiger partial charge in [-0.25, -0.2) is 10.4 Å². The third kappa shape index (κ3) is 3.53. The maximum absolute atomic E-state index is 6.11. The van der Waals surface area contributed by atoms with Crippen LogP contribution in [0, 0.1) is 5.92 Å². The Morgan fingerprint density at radius 3 is 2.88 bits per heavy atom. The summed E-state index contributed by atoms with van der Waals surface area (Å²) in [5.74, 6) is 1.48. The number of nitrogens with one attached hydrogen (secondary N) is 1. The van der Waals surface area contributed by atoms with Gasteiger partial charge in [0.2, 0.25) is 5.96 Å². The first kappa shape index (κ1) is 16.5. The van der Waals surface area contributed by atoms with E-state index in [1.807, 2.05) is 6.21 Å². The van der Waals surface area contributed by atoms with Crippen molar-refractivity contribution in [2.45, 2.75) is 76.4 Å². The molecule has 3 N–H and O–H groups in total. The molecule has 0 amide bonds. The highest BCUT2D eigenvalue weighted by molar-refractivity contribution is 6.01. The molecule has 3 aliphatic heterocycles. The number of hydrazone groups is 1. The van der Waals surface area contributed by atoms with Crippen molar-refractivity contribution in [3.05, 3.63) is 0 Å². The van der Waals surface area contributed by atoms with E-state index in [1.165, 1.54) is 32.1 Å². The molecule has 136 valence electrons. The van der Waals surface area contributed by atoms with E-state index in [0.717, 1.165) is 12.8 Å². The summed E-state index contributed by atoms with van der Waals surface area (Å²) in [4.78, 5) is 15.5. The van der Waals surface area contributed by atoms with Crippen LogP contribution >= 0.6 is 0 Å². The number of rotatable bonds is 3.